The van der Waals surface area contributed by atoms with Gasteiger partial charge in [-0.2, -0.15) is 4.68 Å². The molecule has 0 saturated carbocycles. The molecule has 4 rings (SSSR count). The topological polar surface area (TPSA) is 65.8 Å². The van der Waals surface area contributed by atoms with Crippen molar-refractivity contribution >= 4 is 17.0 Å². The number of nitrogens with zero attached hydrogens (tertiary/aromatic N) is 3. The van der Waals surface area contributed by atoms with Crippen LogP contribution < -0.4 is 9.47 Å². The molecule has 0 N–H and O–H groups in total. The fourth-order valence-corrected chi connectivity index (χ4v) is 3.94. The predicted molar refractivity (Wildman–Crippen MR) is 140 cm³/mol. The lowest BCUT2D eigenvalue weighted by atomic mass is 10.1. The van der Waals surface area contributed by atoms with E-state index >= 15 is 0 Å². The summed E-state index contributed by atoms with van der Waals surface area (Å²) in [6.45, 7) is 8.32. The molecule has 0 spiro atoms. The Morgan fingerprint density at radius 3 is 2.08 bits per heavy atom. The van der Waals surface area contributed by atoms with Crippen molar-refractivity contribution < 1.29 is 19.0 Å². The highest BCUT2D eigenvalue weighted by Gasteiger charge is 2.23. The highest BCUT2D eigenvalue weighted by Crippen LogP contribution is 2.29. The van der Waals surface area contributed by atoms with Crippen molar-refractivity contribution in [1.29, 1.82) is 0 Å². The van der Waals surface area contributed by atoms with Crippen LogP contribution in [0.25, 0.3) is 10.9 Å². The maximum Gasteiger partial charge on any atom is 0.435 e. The summed E-state index contributed by atoms with van der Waals surface area (Å²) >= 11 is 0. The minimum absolute atomic E-state index is 0.360. The maximum absolute atomic E-state index is 12.7. The molecule has 0 aliphatic heterocycles. The molecule has 0 amide bonds. The molecule has 4 aromatic rings. The molecule has 36 heavy (non-hydrogen) atoms. The third-order valence-corrected chi connectivity index (χ3v) is 5.55. The normalized spacial score (nSPS) is 11.6. The Labute approximate surface area is 212 Å². The van der Waals surface area contributed by atoms with E-state index in [0.29, 0.717) is 29.1 Å². The molecule has 1 heterocycles. The lowest BCUT2D eigenvalue weighted by molar-refractivity contribution is 0.0520. The van der Waals surface area contributed by atoms with E-state index in [1.807, 2.05) is 45.0 Å². The number of aromatic nitrogens is 2. The molecule has 0 saturated heterocycles. The molecule has 7 heteroatoms. The summed E-state index contributed by atoms with van der Waals surface area (Å²) in [5, 5.41) is 5.00. The van der Waals surface area contributed by atoms with E-state index in [-0.39, 0.29) is 0 Å². The molecule has 0 unspecified atom stereocenters. The van der Waals surface area contributed by atoms with Gasteiger partial charge in [-0.3, -0.25) is 4.90 Å². The molecule has 7 nitrogen and oxygen atoms in total. The first-order chi connectivity index (χ1) is 17.3. The summed E-state index contributed by atoms with van der Waals surface area (Å²) in [5.74, 6) is 1.01. The minimum atomic E-state index is -0.641. The van der Waals surface area contributed by atoms with Gasteiger partial charge in [-0.15, -0.1) is 5.10 Å². The van der Waals surface area contributed by atoms with Crippen molar-refractivity contribution in [3.8, 4) is 11.6 Å². The summed E-state index contributed by atoms with van der Waals surface area (Å²) in [6, 6.07) is 26.4. The zero-order chi connectivity index (χ0) is 25.5. The van der Waals surface area contributed by atoms with Crippen LogP contribution in [-0.2, 0) is 17.8 Å². The Morgan fingerprint density at radius 1 is 0.917 bits per heavy atom. The molecular weight excluding hydrogens is 454 g/mol. The van der Waals surface area contributed by atoms with Crippen LogP contribution in [0.3, 0.4) is 0 Å². The number of carbonyl (C=O) groups excluding carboxylic acids is 1. The van der Waals surface area contributed by atoms with Gasteiger partial charge in [0.05, 0.1) is 18.0 Å². The Bertz CT molecular complexity index is 1240. The van der Waals surface area contributed by atoms with Crippen LogP contribution in [0.5, 0.6) is 11.6 Å². The maximum atomic E-state index is 12.7. The molecule has 188 valence electrons. The average Bonchev–Trinajstić information content (AvgIpc) is 3.22. The van der Waals surface area contributed by atoms with E-state index < -0.39 is 11.7 Å². The summed E-state index contributed by atoms with van der Waals surface area (Å²) < 4.78 is 18.2. The SMILES string of the molecule is COc1nn(C(=O)OC(C)(C)C)c2cc(OCCN(Cc3ccccc3)Cc3ccccc3)ccc12. The fraction of sp³-hybridized carbons (Fsp3) is 0.310. The highest BCUT2D eigenvalue weighted by atomic mass is 16.6. The Morgan fingerprint density at radius 2 is 1.53 bits per heavy atom. The quantitative estimate of drug-likeness (QED) is 0.292. The second-order valence-corrected chi connectivity index (χ2v) is 9.61. The van der Waals surface area contributed by atoms with Gasteiger partial charge in [0, 0.05) is 25.7 Å². The lowest BCUT2D eigenvalue weighted by Crippen LogP contribution is -2.28. The molecule has 0 aliphatic rings. The van der Waals surface area contributed by atoms with Gasteiger partial charge in [0.2, 0.25) is 5.88 Å². The minimum Gasteiger partial charge on any atom is -0.492 e. The van der Waals surface area contributed by atoms with E-state index in [1.165, 1.54) is 22.9 Å². The molecule has 0 radical (unpaired) electrons. The summed E-state index contributed by atoms with van der Waals surface area (Å²) in [7, 11) is 1.53. The van der Waals surface area contributed by atoms with Gasteiger partial charge in [0.15, 0.2) is 0 Å². The number of rotatable bonds is 9. The molecule has 0 bridgehead atoms. The van der Waals surface area contributed by atoms with Crippen molar-refractivity contribution in [3.05, 3.63) is 90.0 Å². The first kappa shape index (κ1) is 25.3. The zero-order valence-electron chi connectivity index (χ0n) is 21.3. The van der Waals surface area contributed by atoms with Gasteiger partial charge in [-0.05, 0) is 44.0 Å². The highest BCUT2D eigenvalue weighted by molar-refractivity contribution is 5.92. The third kappa shape index (κ3) is 6.64. The monoisotopic (exact) mass is 487 g/mol. The van der Waals surface area contributed by atoms with Crippen molar-refractivity contribution in [3.63, 3.8) is 0 Å². The van der Waals surface area contributed by atoms with E-state index in [4.69, 9.17) is 14.2 Å². The lowest BCUT2D eigenvalue weighted by Gasteiger charge is -2.23. The van der Waals surface area contributed by atoms with Gasteiger partial charge in [-0.25, -0.2) is 4.79 Å². The first-order valence-electron chi connectivity index (χ1n) is 12.1. The van der Waals surface area contributed by atoms with E-state index in [0.717, 1.165) is 19.6 Å². The smallest absolute Gasteiger partial charge is 0.435 e. The second kappa shape index (κ2) is 11.3. The number of hydrogen-bond donors (Lipinski definition) is 0. The standard InChI is InChI=1S/C29H33N3O4/c1-29(2,3)36-28(33)32-26-19-24(15-16-25(26)27(30-32)34-4)35-18-17-31(20-22-11-7-5-8-12-22)21-23-13-9-6-10-14-23/h5-16,19H,17-18,20-21H2,1-4H3. The number of hydrogen-bond acceptors (Lipinski definition) is 6. The van der Waals surface area contributed by atoms with Crippen molar-refractivity contribution in [2.45, 2.75) is 39.5 Å². The molecule has 0 fully saturated rings. The number of ether oxygens (including phenoxy) is 3. The van der Waals surface area contributed by atoms with Crippen LogP contribution in [0.1, 0.15) is 31.9 Å². The Hall–Kier alpha value is -3.84. The van der Waals surface area contributed by atoms with Crippen molar-refractivity contribution in [1.82, 2.24) is 14.7 Å². The van der Waals surface area contributed by atoms with Gasteiger partial charge in [0.1, 0.15) is 18.0 Å². The average molecular weight is 488 g/mol. The van der Waals surface area contributed by atoms with Crippen LogP contribution in [0.4, 0.5) is 4.79 Å². The van der Waals surface area contributed by atoms with Crippen LogP contribution in [0, 0.1) is 0 Å². The van der Waals surface area contributed by atoms with E-state index in [1.54, 1.807) is 6.07 Å². The van der Waals surface area contributed by atoms with E-state index in [2.05, 4.69) is 58.5 Å². The van der Waals surface area contributed by atoms with Crippen molar-refractivity contribution in [2.24, 2.45) is 0 Å². The number of methoxy groups -OCH3 is 1. The van der Waals surface area contributed by atoms with Gasteiger partial charge < -0.3 is 14.2 Å². The largest absolute Gasteiger partial charge is 0.492 e. The number of fused-ring (bicyclic) bond motifs is 1. The molecular formula is C29H33N3O4. The summed E-state index contributed by atoms with van der Waals surface area (Å²) in [5.41, 5.74) is 2.44. The summed E-state index contributed by atoms with van der Waals surface area (Å²) in [6.07, 6.45) is -0.565. The van der Waals surface area contributed by atoms with Crippen LogP contribution in [0.2, 0.25) is 0 Å². The Kier molecular flexibility index (Phi) is 7.90. The predicted octanol–water partition coefficient (Wildman–Crippen LogP) is 5.91. The van der Waals surface area contributed by atoms with Crippen LogP contribution >= 0.6 is 0 Å². The van der Waals surface area contributed by atoms with Gasteiger partial charge in [0.25, 0.3) is 0 Å². The molecule has 0 atom stereocenters. The molecule has 1 aromatic heterocycles. The van der Waals surface area contributed by atoms with Gasteiger partial charge >= 0.3 is 6.09 Å². The number of benzene rings is 3. The molecule has 0 aliphatic carbocycles. The van der Waals surface area contributed by atoms with Crippen molar-refractivity contribution in [2.75, 3.05) is 20.3 Å². The third-order valence-electron chi connectivity index (χ3n) is 5.55. The number of carbonyl (C=O) groups is 1. The zero-order valence-corrected chi connectivity index (χ0v) is 21.3. The van der Waals surface area contributed by atoms with Crippen LogP contribution in [0.15, 0.2) is 78.9 Å². The Balaban J connectivity index is 1.48. The fourth-order valence-electron chi connectivity index (χ4n) is 3.94. The first-order valence-corrected chi connectivity index (χ1v) is 12.1. The van der Waals surface area contributed by atoms with E-state index in [9.17, 15) is 4.79 Å². The van der Waals surface area contributed by atoms with Gasteiger partial charge in [-0.1, -0.05) is 60.7 Å². The summed E-state index contributed by atoms with van der Waals surface area (Å²) in [4.78, 5) is 15.1. The van der Waals surface area contributed by atoms with Crippen LogP contribution in [-0.4, -0.2) is 46.6 Å². The molecule has 3 aromatic carbocycles. The second-order valence-electron chi connectivity index (χ2n) is 9.61.